The molecule has 2 fully saturated rings. The normalized spacial score (nSPS) is 17.9. The molecule has 5 aromatic rings. The summed E-state index contributed by atoms with van der Waals surface area (Å²) < 4.78 is 9.50. The lowest BCUT2D eigenvalue weighted by atomic mass is 9.99. The van der Waals surface area contributed by atoms with Gasteiger partial charge in [0, 0.05) is 24.2 Å². The van der Waals surface area contributed by atoms with Gasteiger partial charge in [-0.2, -0.15) is 0 Å². The molecule has 0 aliphatic carbocycles. The quantitative estimate of drug-likeness (QED) is 0.104. The number of H-pyrrole nitrogens is 3. The number of benzene rings is 2. The van der Waals surface area contributed by atoms with Crippen LogP contribution in [0.4, 0.5) is 9.59 Å². The van der Waals surface area contributed by atoms with Crippen molar-refractivity contribution < 1.29 is 28.7 Å². The summed E-state index contributed by atoms with van der Waals surface area (Å²) in [5, 5.41) is 5.35. The largest absolute Gasteiger partial charge is 0.453 e. The minimum Gasteiger partial charge on any atom is -0.453 e. The molecule has 7 rings (SSSR count). The number of carbonyl (C=O) groups excluding carboxylic acids is 4. The number of rotatable bonds is 11. The highest BCUT2D eigenvalue weighted by molar-refractivity contribution is 6.00. The number of methoxy groups -OCH3 is 2. The standard InChI is InChI=1S/C41H50N10O6/c1-7-28(48-40(54)56-5)38(52)50-18-8-10-31(50)37-43-21-30(47-37)27-17-16-26(34-35(27)45-23(4)44-34)24-12-14-25(15-13-24)29-20-42-36(46-29)32-11-9-19-51(32)39(53)33(22(2)3)49-41(55)57-6/h12-17,20-22,28,31-33H,7-11,18-19H2,1-6H3,(H,42,46)(H,43,47)(H,44,45)(H,48,54)(H,49,55). The van der Waals surface area contributed by atoms with Gasteiger partial charge in [0.05, 0.1) is 61.1 Å². The molecule has 5 heterocycles. The van der Waals surface area contributed by atoms with Gasteiger partial charge in [0.2, 0.25) is 11.8 Å². The van der Waals surface area contributed by atoms with Gasteiger partial charge >= 0.3 is 12.2 Å². The Balaban J connectivity index is 1.09. The van der Waals surface area contributed by atoms with Crippen molar-refractivity contribution in [2.24, 2.45) is 5.92 Å². The van der Waals surface area contributed by atoms with Crippen molar-refractivity contribution >= 4 is 35.0 Å². The number of aryl methyl sites for hydroxylation is 1. The molecule has 2 aliphatic rings. The maximum atomic E-state index is 13.6. The fourth-order valence-corrected chi connectivity index (χ4v) is 8.04. The lowest BCUT2D eigenvalue weighted by Crippen LogP contribution is -2.51. The lowest BCUT2D eigenvalue weighted by Gasteiger charge is -2.30. The maximum absolute atomic E-state index is 13.6. The van der Waals surface area contributed by atoms with Crippen LogP contribution in [0.25, 0.3) is 44.7 Å². The second kappa shape index (κ2) is 16.5. The third kappa shape index (κ3) is 7.80. The molecule has 0 spiro atoms. The van der Waals surface area contributed by atoms with E-state index in [0.29, 0.717) is 31.2 Å². The number of nitrogens with zero attached hydrogens (tertiary/aromatic N) is 5. The number of likely N-dealkylation sites (tertiary alicyclic amines) is 2. The van der Waals surface area contributed by atoms with Crippen molar-refractivity contribution in [1.29, 1.82) is 0 Å². The summed E-state index contributed by atoms with van der Waals surface area (Å²) in [5.41, 5.74) is 7.14. The van der Waals surface area contributed by atoms with Gasteiger partial charge in [-0.25, -0.2) is 24.5 Å². The highest BCUT2D eigenvalue weighted by Gasteiger charge is 2.38. The van der Waals surface area contributed by atoms with E-state index in [4.69, 9.17) is 24.4 Å². The zero-order valence-corrected chi connectivity index (χ0v) is 33.1. The highest BCUT2D eigenvalue weighted by Crippen LogP contribution is 2.38. The van der Waals surface area contributed by atoms with E-state index >= 15 is 0 Å². The van der Waals surface area contributed by atoms with Crippen LogP contribution >= 0.6 is 0 Å². The number of imidazole rings is 3. The monoisotopic (exact) mass is 778 g/mol. The number of amides is 4. The average molecular weight is 779 g/mol. The fourth-order valence-electron chi connectivity index (χ4n) is 8.04. The van der Waals surface area contributed by atoms with Crippen LogP contribution in [-0.2, 0) is 19.1 Å². The van der Waals surface area contributed by atoms with Gasteiger partial charge in [0.15, 0.2) is 0 Å². The molecule has 0 saturated carbocycles. The summed E-state index contributed by atoms with van der Waals surface area (Å²) in [6, 6.07) is 10.5. The lowest BCUT2D eigenvalue weighted by molar-refractivity contribution is -0.135. The second-order valence-electron chi connectivity index (χ2n) is 15.0. The zero-order chi connectivity index (χ0) is 40.4. The molecule has 0 radical (unpaired) electrons. The average Bonchev–Trinajstić information content (AvgIpc) is 4.07. The predicted molar refractivity (Wildman–Crippen MR) is 213 cm³/mol. The van der Waals surface area contributed by atoms with E-state index in [-0.39, 0.29) is 29.8 Å². The minimum absolute atomic E-state index is 0.115. The number of ether oxygens (including phenoxy) is 2. The van der Waals surface area contributed by atoms with Crippen molar-refractivity contribution in [3.8, 4) is 33.6 Å². The van der Waals surface area contributed by atoms with Crippen LogP contribution in [0.3, 0.4) is 0 Å². The Hall–Kier alpha value is -6.19. The summed E-state index contributed by atoms with van der Waals surface area (Å²) in [5.74, 6) is 1.75. The third-order valence-electron chi connectivity index (χ3n) is 11.0. The molecule has 300 valence electrons. The van der Waals surface area contributed by atoms with Crippen LogP contribution in [0.1, 0.15) is 82.4 Å². The first kappa shape index (κ1) is 39.1. The smallest absolute Gasteiger partial charge is 0.407 e. The van der Waals surface area contributed by atoms with E-state index in [0.717, 1.165) is 76.2 Å². The molecule has 16 nitrogen and oxygen atoms in total. The SMILES string of the molecule is CCC(NC(=O)OC)C(=O)N1CCCC1c1ncc(-c2ccc(-c3ccc(-c4cnc(C5CCCN5C(=O)C(NC(=O)OC)C(C)C)[nH]4)cc3)c3[nH]c(C)nc23)[nH]1. The van der Waals surface area contributed by atoms with Gasteiger partial charge < -0.3 is 44.9 Å². The third-order valence-corrected chi connectivity index (χ3v) is 11.0. The first-order valence-corrected chi connectivity index (χ1v) is 19.5. The summed E-state index contributed by atoms with van der Waals surface area (Å²) in [6.45, 7) is 8.74. The molecule has 2 aromatic carbocycles. The van der Waals surface area contributed by atoms with E-state index in [1.807, 2.05) is 45.9 Å². The van der Waals surface area contributed by atoms with Crippen molar-refractivity contribution in [3.63, 3.8) is 0 Å². The van der Waals surface area contributed by atoms with Crippen molar-refractivity contribution in [2.45, 2.75) is 84.0 Å². The first-order valence-electron chi connectivity index (χ1n) is 19.5. The first-order chi connectivity index (χ1) is 27.5. The zero-order valence-electron chi connectivity index (χ0n) is 33.1. The Morgan fingerprint density at radius 2 is 1.33 bits per heavy atom. The molecule has 16 heteroatoms. The summed E-state index contributed by atoms with van der Waals surface area (Å²) >= 11 is 0. The topological polar surface area (TPSA) is 203 Å². The molecular weight excluding hydrogens is 729 g/mol. The number of aromatic amines is 3. The van der Waals surface area contributed by atoms with Crippen LogP contribution in [0.2, 0.25) is 0 Å². The maximum Gasteiger partial charge on any atom is 0.407 e. The van der Waals surface area contributed by atoms with Crippen LogP contribution in [0, 0.1) is 12.8 Å². The Kier molecular flexibility index (Phi) is 11.3. The summed E-state index contributed by atoms with van der Waals surface area (Å²) in [4.78, 5) is 79.2. The molecule has 0 bridgehead atoms. The fraction of sp³-hybridized carbons (Fsp3) is 0.439. The Bertz CT molecular complexity index is 2260. The Labute approximate surface area is 330 Å². The molecule has 4 unspecified atom stereocenters. The van der Waals surface area contributed by atoms with Crippen LogP contribution < -0.4 is 10.6 Å². The van der Waals surface area contributed by atoms with Gasteiger partial charge in [-0.05, 0) is 62.1 Å². The van der Waals surface area contributed by atoms with Crippen molar-refractivity contribution in [3.05, 3.63) is 66.3 Å². The van der Waals surface area contributed by atoms with Gasteiger partial charge in [0.25, 0.3) is 0 Å². The molecule has 2 aliphatic heterocycles. The Morgan fingerprint density at radius 3 is 1.95 bits per heavy atom. The second-order valence-corrected chi connectivity index (χ2v) is 15.0. The number of fused-ring (bicyclic) bond motifs is 1. The van der Waals surface area contributed by atoms with E-state index in [2.05, 4.69) is 43.8 Å². The number of hydrogen-bond acceptors (Lipinski definition) is 9. The van der Waals surface area contributed by atoms with Crippen LogP contribution in [-0.4, -0.2) is 103 Å². The van der Waals surface area contributed by atoms with Crippen LogP contribution in [0.15, 0.2) is 48.8 Å². The number of carbonyl (C=O) groups is 4. The van der Waals surface area contributed by atoms with E-state index in [1.54, 1.807) is 22.2 Å². The highest BCUT2D eigenvalue weighted by atomic mass is 16.5. The van der Waals surface area contributed by atoms with E-state index < -0.39 is 24.3 Å². The molecule has 57 heavy (non-hydrogen) atoms. The van der Waals surface area contributed by atoms with E-state index in [1.165, 1.54) is 14.2 Å². The molecule has 3 aromatic heterocycles. The van der Waals surface area contributed by atoms with Gasteiger partial charge in [-0.15, -0.1) is 0 Å². The molecule has 4 amide bonds. The predicted octanol–water partition coefficient (Wildman–Crippen LogP) is 6.16. The molecule has 2 saturated heterocycles. The molecule has 4 atom stereocenters. The summed E-state index contributed by atoms with van der Waals surface area (Å²) in [7, 11) is 2.57. The number of nitrogens with one attached hydrogen (secondary N) is 5. The number of aromatic nitrogens is 6. The summed E-state index contributed by atoms with van der Waals surface area (Å²) in [6.07, 6.45) is 5.95. The molecule has 5 N–H and O–H groups in total. The van der Waals surface area contributed by atoms with Gasteiger partial charge in [0.1, 0.15) is 29.6 Å². The van der Waals surface area contributed by atoms with E-state index in [9.17, 15) is 19.2 Å². The molecular formula is C41H50N10O6. The van der Waals surface area contributed by atoms with Gasteiger partial charge in [-0.3, -0.25) is 9.59 Å². The number of hydrogen-bond donors (Lipinski definition) is 5. The van der Waals surface area contributed by atoms with Crippen molar-refractivity contribution in [1.82, 2.24) is 50.3 Å². The minimum atomic E-state index is -0.700. The Morgan fingerprint density at radius 1 is 0.772 bits per heavy atom. The van der Waals surface area contributed by atoms with Gasteiger partial charge in [-0.1, -0.05) is 51.1 Å². The van der Waals surface area contributed by atoms with Crippen molar-refractivity contribution in [2.75, 3.05) is 27.3 Å². The van der Waals surface area contributed by atoms with Crippen LogP contribution in [0.5, 0.6) is 0 Å². The number of alkyl carbamates (subject to hydrolysis) is 2.